The van der Waals surface area contributed by atoms with Crippen molar-refractivity contribution < 1.29 is 18.7 Å². The number of para-hydroxylation sites is 1. The molecule has 0 unspecified atom stereocenters. The molecule has 2 fully saturated rings. The zero-order chi connectivity index (χ0) is 30.8. The van der Waals surface area contributed by atoms with Crippen LogP contribution in [0.1, 0.15) is 26.7 Å². The molecule has 4 heterocycles. The molecular formula is C32H33FN8O3. The lowest BCUT2D eigenvalue weighted by molar-refractivity contribution is -0.127. The van der Waals surface area contributed by atoms with Crippen molar-refractivity contribution in [2.75, 3.05) is 25.5 Å². The van der Waals surface area contributed by atoms with Gasteiger partial charge >= 0.3 is 0 Å². The van der Waals surface area contributed by atoms with Crippen LogP contribution in [-0.2, 0) is 16.1 Å². The second-order valence-corrected chi connectivity index (χ2v) is 11.6. The van der Waals surface area contributed by atoms with Crippen molar-refractivity contribution >= 4 is 22.8 Å². The number of anilines is 1. The van der Waals surface area contributed by atoms with E-state index in [-0.39, 0.29) is 41.5 Å². The fourth-order valence-electron chi connectivity index (χ4n) is 5.76. The SMILES string of the molecule is CC(C)(/C=C(\C#N)C(=O)N1CCC[C@@H]1Cn1nc(-c2ccc(Oc3ccccc3)cc2F)c2c(N)ncnc21)NC1COC1. The zero-order valence-electron chi connectivity index (χ0n) is 24.5. The number of nitrogens with two attached hydrogens (primary N) is 1. The van der Waals surface area contributed by atoms with Crippen LogP contribution in [0.3, 0.4) is 0 Å². The van der Waals surface area contributed by atoms with Gasteiger partial charge in [-0.2, -0.15) is 10.4 Å². The van der Waals surface area contributed by atoms with E-state index in [0.29, 0.717) is 54.4 Å². The molecule has 1 atom stereocenters. The van der Waals surface area contributed by atoms with Gasteiger partial charge in [0.15, 0.2) is 5.65 Å². The van der Waals surface area contributed by atoms with Crippen LogP contribution in [0.25, 0.3) is 22.3 Å². The molecule has 6 rings (SSSR count). The molecule has 0 spiro atoms. The third-order valence-corrected chi connectivity index (χ3v) is 7.83. The number of benzene rings is 2. The molecule has 3 N–H and O–H groups in total. The summed E-state index contributed by atoms with van der Waals surface area (Å²) in [7, 11) is 0. The van der Waals surface area contributed by atoms with Gasteiger partial charge < -0.3 is 25.4 Å². The first-order valence-electron chi connectivity index (χ1n) is 14.5. The second kappa shape index (κ2) is 12.0. The minimum Gasteiger partial charge on any atom is -0.457 e. The van der Waals surface area contributed by atoms with Crippen LogP contribution in [-0.4, -0.2) is 67.9 Å². The maximum Gasteiger partial charge on any atom is 0.264 e. The lowest BCUT2D eigenvalue weighted by Gasteiger charge is -2.35. The maximum atomic E-state index is 15.5. The molecule has 0 bridgehead atoms. The molecular weight excluding hydrogens is 563 g/mol. The first kappa shape index (κ1) is 29.2. The Morgan fingerprint density at radius 2 is 2.02 bits per heavy atom. The zero-order valence-corrected chi connectivity index (χ0v) is 24.5. The Labute approximate surface area is 254 Å². The number of carbonyl (C=O) groups is 1. The number of carbonyl (C=O) groups excluding carboxylic acids is 1. The molecule has 2 aromatic carbocycles. The lowest BCUT2D eigenvalue weighted by atomic mass is 9.98. The molecule has 4 aromatic rings. The summed E-state index contributed by atoms with van der Waals surface area (Å²) in [5.41, 5.74) is 6.71. The van der Waals surface area contributed by atoms with Crippen LogP contribution in [0.4, 0.5) is 10.2 Å². The van der Waals surface area contributed by atoms with Gasteiger partial charge in [0.25, 0.3) is 5.91 Å². The van der Waals surface area contributed by atoms with Crippen LogP contribution < -0.4 is 15.8 Å². The van der Waals surface area contributed by atoms with Gasteiger partial charge in [0.2, 0.25) is 0 Å². The largest absolute Gasteiger partial charge is 0.457 e. The molecule has 0 saturated carbocycles. The summed E-state index contributed by atoms with van der Waals surface area (Å²) in [5.74, 6) is 0.219. The summed E-state index contributed by atoms with van der Waals surface area (Å²) < 4.78 is 28.2. The Balaban J connectivity index is 1.27. The normalized spacial score (nSPS) is 17.5. The number of hydrogen-bond donors (Lipinski definition) is 2. The van der Waals surface area contributed by atoms with Crippen molar-refractivity contribution in [3.8, 4) is 28.8 Å². The van der Waals surface area contributed by atoms with Crippen LogP contribution in [0, 0.1) is 17.1 Å². The van der Waals surface area contributed by atoms with Crippen molar-refractivity contribution in [2.24, 2.45) is 0 Å². The Hall–Kier alpha value is -4.86. The predicted octanol–water partition coefficient (Wildman–Crippen LogP) is 4.21. The first-order chi connectivity index (χ1) is 21.2. The van der Waals surface area contributed by atoms with E-state index in [1.165, 1.54) is 12.4 Å². The smallest absolute Gasteiger partial charge is 0.264 e. The molecule has 44 heavy (non-hydrogen) atoms. The Morgan fingerprint density at radius 1 is 1.23 bits per heavy atom. The standard InChI is InChI=1S/C32H33FN8O3/c1-32(2,38-21-17-43-18-21)14-20(15-34)31(42)40-12-6-7-22(40)16-41-30-27(29(35)36-19-37-30)28(39-41)25-11-10-24(13-26(25)33)44-23-8-4-3-5-9-23/h3-5,8-11,13-14,19,21-22,38H,6-7,12,16-18H2,1-2H3,(H2,35,36,37)/b20-14+/t22-/m1/s1. The van der Waals surface area contributed by atoms with E-state index >= 15 is 4.39 Å². The summed E-state index contributed by atoms with van der Waals surface area (Å²) in [5, 5.41) is 18.5. The molecule has 2 aliphatic rings. The number of ether oxygens (including phenoxy) is 2. The van der Waals surface area contributed by atoms with Gasteiger partial charge in [-0.15, -0.1) is 0 Å². The molecule has 0 aliphatic carbocycles. The third kappa shape index (κ3) is 5.97. The number of amides is 1. The molecule has 2 aliphatic heterocycles. The van der Waals surface area contributed by atoms with Gasteiger partial charge in [-0.1, -0.05) is 18.2 Å². The topological polar surface area (TPSA) is 144 Å². The van der Waals surface area contributed by atoms with Gasteiger partial charge in [0, 0.05) is 23.7 Å². The van der Waals surface area contributed by atoms with Crippen molar-refractivity contribution in [1.82, 2.24) is 30.0 Å². The first-order valence-corrected chi connectivity index (χ1v) is 14.5. The number of rotatable bonds is 9. The van der Waals surface area contributed by atoms with E-state index in [0.717, 1.165) is 6.42 Å². The van der Waals surface area contributed by atoms with Gasteiger partial charge in [-0.05, 0) is 57.0 Å². The van der Waals surface area contributed by atoms with Crippen molar-refractivity contribution in [3.63, 3.8) is 0 Å². The van der Waals surface area contributed by atoms with E-state index in [1.807, 2.05) is 32.0 Å². The Morgan fingerprint density at radius 3 is 2.73 bits per heavy atom. The minimum absolute atomic E-state index is 0.0760. The average Bonchev–Trinajstić information content (AvgIpc) is 3.60. The summed E-state index contributed by atoms with van der Waals surface area (Å²) in [4.78, 5) is 23.9. The number of nitriles is 1. The molecule has 1 amide bonds. The maximum absolute atomic E-state index is 15.5. The highest BCUT2D eigenvalue weighted by molar-refractivity contribution is 5.99. The van der Waals surface area contributed by atoms with Crippen LogP contribution >= 0.6 is 0 Å². The fraction of sp³-hybridized carbons (Fsp3) is 0.344. The van der Waals surface area contributed by atoms with E-state index in [2.05, 4.69) is 21.4 Å². The molecule has 226 valence electrons. The summed E-state index contributed by atoms with van der Waals surface area (Å²) >= 11 is 0. The third-order valence-electron chi connectivity index (χ3n) is 7.83. The number of hydrogen-bond acceptors (Lipinski definition) is 9. The van der Waals surface area contributed by atoms with Gasteiger partial charge in [-0.3, -0.25) is 4.79 Å². The van der Waals surface area contributed by atoms with E-state index in [9.17, 15) is 10.1 Å². The van der Waals surface area contributed by atoms with Crippen LogP contribution in [0.5, 0.6) is 11.5 Å². The Kier molecular flexibility index (Phi) is 7.99. The number of nitrogen functional groups attached to an aromatic ring is 1. The summed E-state index contributed by atoms with van der Waals surface area (Å²) in [6.45, 7) is 5.86. The lowest BCUT2D eigenvalue weighted by Crippen LogP contribution is -2.54. The molecule has 0 radical (unpaired) electrons. The van der Waals surface area contributed by atoms with Crippen molar-refractivity contribution in [1.29, 1.82) is 5.26 Å². The fourth-order valence-corrected chi connectivity index (χ4v) is 5.76. The van der Waals surface area contributed by atoms with E-state index in [4.69, 9.17) is 20.3 Å². The number of nitrogens with zero attached hydrogens (tertiary/aromatic N) is 6. The van der Waals surface area contributed by atoms with Crippen LogP contribution in [0.15, 0.2) is 66.5 Å². The second-order valence-electron chi connectivity index (χ2n) is 11.6. The number of aromatic nitrogens is 4. The molecule has 2 saturated heterocycles. The number of nitrogens with one attached hydrogen (secondary N) is 1. The summed E-state index contributed by atoms with van der Waals surface area (Å²) in [6.07, 6.45) is 4.51. The van der Waals surface area contributed by atoms with Gasteiger partial charge in [0.1, 0.15) is 46.8 Å². The highest BCUT2D eigenvalue weighted by Gasteiger charge is 2.34. The van der Waals surface area contributed by atoms with Crippen molar-refractivity contribution in [3.05, 3.63) is 72.3 Å². The highest BCUT2D eigenvalue weighted by atomic mass is 19.1. The molecule has 12 heteroatoms. The minimum atomic E-state index is -0.572. The summed E-state index contributed by atoms with van der Waals surface area (Å²) in [6, 6.07) is 15.7. The quantitative estimate of drug-likeness (QED) is 0.214. The number of fused-ring (bicyclic) bond motifs is 1. The van der Waals surface area contributed by atoms with E-state index in [1.54, 1.807) is 39.9 Å². The average molecular weight is 597 g/mol. The van der Waals surface area contributed by atoms with Gasteiger partial charge in [0.05, 0.1) is 37.2 Å². The molecule has 2 aromatic heterocycles. The monoisotopic (exact) mass is 596 g/mol. The Bertz CT molecular complexity index is 1760. The van der Waals surface area contributed by atoms with Crippen LogP contribution in [0.2, 0.25) is 0 Å². The predicted molar refractivity (Wildman–Crippen MR) is 162 cm³/mol. The van der Waals surface area contributed by atoms with Gasteiger partial charge in [-0.25, -0.2) is 19.0 Å². The number of halogens is 1. The van der Waals surface area contributed by atoms with E-state index < -0.39 is 11.4 Å². The molecule has 11 nitrogen and oxygen atoms in total. The highest BCUT2D eigenvalue weighted by Crippen LogP contribution is 2.35. The van der Waals surface area contributed by atoms with Crippen molar-refractivity contribution in [2.45, 2.75) is 50.9 Å². The number of likely N-dealkylation sites (tertiary alicyclic amines) is 1.